The lowest BCUT2D eigenvalue weighted by Gasteiger charge is -2.31. The number of nitrogens with one attached hydrogen (secondary N) is 2. The molecule has 2 N–H and O–H groups in total. The number of hydrogen-bond donors (Lipinski definition) is 2. The molecule has 2 fully saturated rings. The van der Waals surface area contributed by atoms with Crippen molar-refractivity contribution < 1.29 is 4.79 Å². The van der Waals surface area contributed by atoms with E-state index in [-0.39, 0.29) is 5.91 Å². The van der Waals surface area contributed by atoms with Gasteiger partial charge in [0.05, 0.1) is 12.2 Å². The Morgan fingerprint density at radius 3 is 2.79 bits per heavy atom. The zero-order valence-corrected chi connectivity index (χ0v) is 17.3. The molecule has 1 aromatic carbocycles. The van der Waals surface area contributed by atoms with Gasteiger partial charge >= 0.3 is 0 Å². The van der Waals surface area contributed by atoms with E-state index in [1.165, 1.54) is 24.0 Å². The molecule has 156 valence electrons. The lowest BCUT2D eigenvalue weighted by atomic mass is 9.99. The number of likely N-dealkylation sites (tertiary alicyclic amines) is 1. The molecule has 0 bridgehead atoms. The van der Waals surface area contributed by atoms with E-state index in [0.717, 1.165) is 51.5 Å². The number of nitrogens with zero attached hydrogens (tertiary/aromatic N) is 4. The van der Waals surface area contributed by atoms with E-state index < -0.39 is 0 Å². The standard InChI is InChI=1S/C22H32N6O/c1-17-5-4-12-27(14-17)15-19-7-3-2-6-18(19)13-24-22(29)21-16-28(26-25-21)20-8-10-23-11-9-20/h2-3,6-7,16-17,20,23H,4-5,8-15H2,1H3,(H,24,29)/t17-/m0/s1. The van der Waals surface area contributed by atoms with Gasteiger partial charge in [0, 0.05) is 19.6 Å². The Bertz CT molecular complexity index is 813. The SMILES string of the molecule is C[C@H]1CCCN(Cc2ccccc2CNC(=O)c2cn(C3CCNCC3)nn2)C1. The molecule has 2 aromatic rings. The van der Waals surface area contributed by atoms with Crippen molar-refractivity contribution in [2.45, 2.75) is 51.7 Å². The van der Waals surface area contributed by atoms with Crippen LogP contribution >= 0.6 is 0 Å². The lowest BCUT2D eigenvalue weighted by Crippen LogP contribution is -2.34. The van der Waals surface area contributed by atoms with E-state index in [0.29, 0.717) is 18.3 Å². The Labute approximate surface area is 172 Å². The van der Waals surface area contributed by atoms with Gasteiger partial charge in [-0.2, -0.15) is 0 Å². The fourth-order valence-corrected chi connectivity index (χ4v) is 4.45. The summed E-state index contributed by atoms with van der Waals surface area (Å²) in [6.45, 7) is 8.07. The smallest absolute Gasteiger partial charge is 0.273 e. The molecule has 29 heavy (non-hydrogen) atoms. The van der Waals surface area contributed by atoms with Gasteiger partial charge in [-0.1, -0.05) is 36.4 Å². The first-order chi connectivity index (χ1) is 14.2. The number of carbonyl (C=O) groups excluding carboxylic acids is 1. The summed E-state index contributed by atoms with van der Waals surface area (Å²) >= 11 is 0. The second-order valence-corrected chi connectivity index (χ2v) is 8.50. The summed E-state index contributed by atoms with van der Waals surface area (Å²) in [4.78, 5) is 15.1. The maximum absolute atomic E-state index is 12.6. The van der Waals surface area contributed by atoms with E-state index in [9.17, 15) is 4.79 Å². The summed E-state index contributed by atoms with van der Waals surface area (Å²) in [5, 5.41) is 14.7. The molecule has 1 aromatic heterocycles. The third-order valence-electron chi connectivity index (χ3n) is 6.12. The van der Waals surface area contributed by atoms with Gasteiger partial charge in [0.1, 0.15) is 0 Å². The fourth-order valence-electron chi connectivity index (χ4n) is 4.45. The van der Waals surface area contributed by atoms with Crippen LogP contribution in [-0.4, -0.2) is 52.0 Å². The Morgan fingerprint density at radius 1 is 1.21 bits per heavy atom. The number of rotatable bonds is 6. The molecule has 1 atom stereocenters. The Kier molecular flexibility index (Phi) is 6.56. The minimum atomic E-state index is -0.161. The van der Waals surface area contributed by atoms with Crippen molar-refractivity contribution in [1.29, 1.82) is 0 Å². The average molecular weight is 397 g/mol. The van der Waals surface area contributed by atoms with Gasteiger partial charge in [0.25, 0.3) is 5.91 Å². The van der Waals surface area contributed by atoms with Gasteiger partial charge in [-0.25, -0.2) is 4.68 Å². The Hall–Kier alpha value is -2.25. The molecule has 0 aliphatic carbocycles. The van der Waals surface area contributed by atoms with Crippen molar-refractivity contribution in [2.75, 3.05) is 26.2 Å². The van der Waals surface area contributed by atoms with Crippen LogP contribution in [-0.2, 0) is 13.1 Å². The zero-order valence-electron chi connectivity index (χ0n) is 17.3. The van der Waals surface area contributed by atoms with E-state index in [2.05, 4.69) is 51.0 Å². The van der Waals surface area contributed by atoms with Crippen molar-refractivity contribution >= 4 is 5.91 Å². The van der Waals surface area contributed by atoms with Gasteiger partial charge in [-0.05, 0) is 62.4 Å². The number of carbonyl (C=O) groups is 1. The van der Waals surface area contributed by atoms with E-state index in [4.69, 9.17) is 0 Å². The molecule has 0 spiro atoms. The molecule has 3 heterocycles. The summed E-state index contributed by atoms with van der Waals surface area (Å²) < 4.78 is 1.85. The third-order valence-corrected chi connectivity index (χ3v) is 6.12. The highest BCUT2D eigenvalue weighted by Crippen LogP contribution is 2.20. The van der Waals surface area contributed by atoms with E-state index in [1.54, 1.807) is 6.20 Å². The monoisotopic (exact) mass is 396 g/mol. The topological polar surface area (TPSA) is 75.1 Å². The van der Waals surface area contributed by atoms with Crippen molar-refractivity contribution in [3.05, 3.63) is 47.3 Å². The molecule has 2 aliphatic heterocycles. The zero-order chi connectivity index (χ0) is 20.1. The normalized spacial score (nSPS) is 21.2. The van der Waals surface area contributed by atoms with Gasteiger partial charge in [-0.3, -0.25) is 9.69 Å². The summed E-state index contributed by atoms with van der Waals surface area (Å²) in [5.74, 6) is 0.602. The van der Waals surface area contributed by atoms with E-state index >= 15 is 0 Å². The third kappa shape index (κ3) is 5.22. The van der Waals surface area contributed by atoms with Crippen molar-refractivity contribution in [1.82, 2.24) is 30.5 Å². The molecule has 2 saturated heterocycles. The maximum atomic E-state index is 12.6. The Balaban J connectivity index is 1.35. The van der Waals surface area contributed by atoms with Crippen molar-refractivity contribution in [3.8, 4) is 0 Å². The van der Waals surface area contributed by atoms with Gasteiger partial charge in [0.15, 0.2) is 5.69 Å². The molecule has 0 saturated carbocycles. The van der Waals surface area contributed by atoms with Crippen molar-refractivity contribution in [3.63, 3.8) is 0 Å². The van der Waals surface area contributed by atoms with Crippen LogP contribution in [0.4, 0.5) is 0 Å². The van der Waals surface area contributed by atoms with Crippen molar-refractivity contribution in [2.24, 2.45) is 5.92 Å². The van der Waals surface area contributed by atoms with E-state index in [1.807, 2.05) is 10.7 Å². The van der Waals surface area contributed by atoms with Crippen LogP contribution < -0.4 is 10.6 Å². The second-order valence-electron chi connectivity index (χ2n) is 8.50. The molecule has 7 heteroatoms. The van der Waals surface area contributed by atoms with Crippen LogP contribution in [0.1, 0.15) is 60.3 Å². The van der Waals surface area contributed by atoms with Gasteiger partial charge < -0.3 is 10.6 Å². The molecule has 4 rings (SSSR count). The lowest BCUT2D eigenvalue weighted by molar-refractivity contribution is 0.0945. The highest BCUT2D eigenvalue weighted by molar-refractivity contribution is 5.91. The summed E-state index contributed by atoms with van der Waals surface area (Å²) in [6, 6.07) is 8.73. The molecule has 0 unspecified atom stereocenters. The van der Waals surface area contributed by atoms with Crippen LogP contribution in [0.3, 0.4) is 0 Å². The molecular formula is C22H32N6O. The maximum Gasteiger partial charge on any atom is 0.273 e. The number of hydrogen-bond acceptors (Lipinski definition) is 5. The first-order valence-electron chi connectivity index (χ1n) is 10.9. The highest BCUT2D eigenvalue weighted by atomic mass is 16.2. The summed E-state index contributed by atoms with van der Waals surface area (Å²) in [6.07, 6.45) is 6.42. The number of piperidine rings is 2. The largest absolute Gasteiger partial charge is 0.347 e. The minimum absolute atomic E-state index is 0.161. The predicted octanol–water partition coefficient (Wildman–Crippen LogP) is 2.36. The molecule has 2 aliphatic rings. The van der Waals surface area contributed by atoms with Gasteiger partial charge in [-0.15, -0.1) is 5.10 Å². The van der Waals surface area contributed by atoms with Crippen LogP contribution in [0.5, 0.6) is 0 Å². The van der Waals surface area contributed by atoms with Crippen LogP contribution in [0.2, 0.25) is 0 Å². The molecule has 1 amide bonds. The van der Waals surface area contributed by atoms with Crippen LogP contribution in [0, 0.1) is 5.92 Å². The van der Waals surface area contributed by atoms with Crippen LogP contribution in [0.15, 0.2) is 30.5 Å². The number of amides is 1. The summed E-state index contributed by atoms with van der Waals surface area (Å²) in [7, 11) is 0. The minimum Gasteiger partial charge on any atom is -0.347 e. The molecular weight excluding hydrogens is 364 g/mol. The molecule has 0 radical (unpaired) electrons. The Morgan fingerprint density at radius 2 is 2.00 bits per heavy atom. The average Bonchev–Trinajstić information content (AvgIpc) is 3.24. The first-order valence-corrected chi connectivity index (χ1v) is 10.9. The highest BCUT2D eigenvalue weighted by Gasteiger charge is 2.20. The number of aromatic nitrogens is 3. The quantitative estimate of drug-likeness (QED) is 0.784. The molecule has 7 nitrogen and oxygen atoms in total. The van der Waals surface area contributed by atoms with Gasteiger partial charge in [0.2, 0.25) is 0 Å². The second kappa shape index (κ2) is 9.50. The fraction of sp³-hybridized carbons (Fsp3) is 0.591. The predicted molar refractivity (Wildman–Crippen MR) is 112 cm³/mol. The van der Waals surface area contributed by atoms with Crippen LogP contribution in [0.25, 0.3) is 0 Å². The summed E-state index contributed by atoms with van der Waals surface area (Å²) in [5.41, 5.74) is 2.86. The first kappa shape index (κ1) is 20.0. The number of benzene rings is 1.